The van der Waals surface area contributed by atoms with Crippen molar-refractivity contribution in [2.24, 2.45) is 22.0 Å². The van der Waals surface area contributed by atoms with Crippen molar-refractivity contribution in [2.75, 3.05) is 0 Å². The average molecular weight is 310 g/mol. The van der Waals surface area contributed by atoms with Gasteiger partial charge in [-0.15, -0.1) is 0 Å². The van der Waals surface area contributed by atoms with E-state index in [1.165, 1.54) is 0 Å². The molecule has 0 atom stereocenters. The van der Waals surface area contributed by atoms with E-state index in [-0.39, 0.29) is 24.7 Å². The van der Waals surface area contributed by atoms with Crippen LogP contribution in [0.2, 0.25) is 0 Å². The number of nitrogens with zero attached hydrogens (tertiary/aromatic N) is 2. The molecule has 126 valence electrons. The van der Waals surface area contributed by atoms with Crippen LogP contribution in [0.5, 0.6) is 0 Å². The van der Waals surface area contributed by atoms with Crippen molar-refractivity contribution >= 4 is 23.2 Å². The molecular formula is C16H30N4O2. The number of nitrogens with one attached hydrogen (secondary N) is 2. The molecule has 0 rings (SSSR count). The maximum atomic E-state index is 11.6. The normalized spacial score (nSPS) is 12.7. The third-order valence-electron chi connectivity index (χ3n) is 2.73. The fourth-order valence-corrected chi connectivity index (χ4v) is 1.93. The van der Waals surface area contributed by atoms with Crippen molar-refractivity contribution in [1.29, 1.82) is 0 Å². The van der Waals surface area contributed by atoms with Crippen LogP contribution in [0, 0.1) is 11.8 Å². The lowest BCUT2D eigenvalue weighted by molar-refractivity contribution is -0.126. The summed E-state index contributed by atoms with van der Waals surface area (Å²) in [6.45, 7) is 12.1. The Balaban J connectivity index is 4.02. The fourth-order valence-electron chi connectivity index (χ4n) is 1.93. The number of rotatable bonds is 9. The summed E-state index contributed by atoms with van der Waals surface area (Å²) < 4.78 is 0. The molecule has 2 N–H and O–H groups in total. The van der Waals surface area contributed by atoms with Crippen molar-refractivity contribution in [3.05, 3.63) is 0 Å². The van der Waals surface area contributed by atoms with Crippen molar-refractivity contribution in [3.63, 3.8) is 0 Å². The van der Waals surface area contributed by atoms with Crippen LogP contribution in [0.3, 0.4) is 0 Å². The zero-order valence-electron chi connectivity index (χ0n) is 14.7. The Morgan fingerprint density at radius 1 is 0.773 bits per heavy atom. The largest absolute Gasteiger partial charge is 0.273 e. The van der Waals surface area contributed by atoms with Gasteiger partial charge in [-0.2, -0.15) is 10.2 Å². The van der Waals surface area contributed by atoms with Gasteiger partial charge in [0.15, 0.2) is 0 Å². The summed E-state index contributed by atoms with van der Waals surface area (Å²) in [5, 5.41) is 8.01. The molecule has 0 saturated carbocycles. The van der Waals surface area contributed by atoms with E-state index >= 15 is 0 Å². The molecule has 0 spiro atoms. The molecule has 0 aliphatic rings. The summed E-state index contributed by atoms with van der Waals surface area (Å²) in [4.78, 5) is 23.2. The highest BCUT2D eigenvalue weighted by Gasteiger charge is 2.06. The highest BCUT2D eigenvalue weighted by Crippen LogP contribution is 2.01. The van der Waals surface area contributed by atoms with Gasteiger partial charge in [0.05, 0.1) is 0 Å². The van der Waals surface area contributed by atoms with Crippen LogP contribution < -0.4 is 10.9 Å². The van der Waals surface area contributed by atoms with Crippen LogP contribution in [0.1, 0.15) is 67.2 Å². The van der Waals surface area contributed by atoms with Crippen molar-refractivity contribution in [2.45, 2.75) is 67.2 Å². The SMILES string of the molecule is CC(CC(C)C)=NNC(=O)CCC(=O)NN=C(C)CC(C)C. The van der Waals surface area contributed by atoms with Crippen LogP contribution in [0.15, 0.2) is 10.2 Å². The van der Waals surface area contributed by atoms with Crippen LogP contribution in [-0.4, -0.2) is 23.2 Å². The van der Waals surface area contributed by atoms with E-state index in [2.05, 4.69) is 48.7 Å². The third-order valence-corrected chi connectivity index (χ3v) is 2.73. The molecule has 0 bridgehead atoms. The summed E-state index contributed by atoms with van der Waals surface area (Å²) in [6.07, 6.45) is 1.88. The van der Waals surface area contributed by atoms with Gasteiger partial charge in [0.1, 0.15) is 0 Å². The van der Waals surface area contributed by atoms with E-state index in [0.29, 0.717) is 11.8 Å². The number of hydrazone groups is 2. The summed E-state index contributed by atoms with van der Waals surface area (Å²) in [5.41, 5.74) is 6.69. The van der Waals surface area contributed by atoms with Gasteiger partial charge >= 0.3 is 0 Å². The Kier molecular flexibility index (Phi) is 10.1. The van der Waals surface area contributed by atoms with Gasteiger partial charge in [-0.25, -0.2) is 10.9 Å². The first-order valence-electron chi connectivity index (χ1n) is 7.84. The van der Waals surface area contributed by atoms with Crippen molar-refractivity contribution < 1.29 is 9.59 Å². The van der Waals surface area contributed by atoms with Gasteiger partial charge in [0.25, 0.3) is 0 Å². The molecule has 6 heteroatoms. The first-order chi connectivity index (χ1) is 10.2. The molecule has 0 aliphatic carbocycles. The number of amides is 2. The smallest absolute Gasteiger partial charge is 0.240 e. The number of hydrogen-bond donors (Lipinski definition) is 2. The zero-order chi connectivity index (χ0) is 17.1. The molecule has 22 heavy (non-hydrogen) atoms. The highest BCUT2D eigenvalue weighted by molar-refractivity contribution is 5.87. The molecule has 2 amide bonds. The Labute approximate surface area is 133 Å². The molecule has 0 aromatic rings. The van der Waals surface area contributed by atoms with Crippen molar-refractivity contribution in [1.82, 2.24) is 10.9 Å². The van der Waals surface area contributed by atoms with Crippen LogP contribution in [0.4, 0.5) is 0 Å². The predicted octanol–water partition coefficient (Wildman–Crippen LogP) is 2.84. The Bertz CT molecular complexity index is 386. The summed E-state index contributed by atoms with van der Waals surface area (Å²) >= 11 is 0. The number of hydrogen-bond acceptors (Lipinski definition) is 4. The van der Waals surface area contributed by atoms with E-state index in [0.717, 1.165) is 24.3 Å². The highest BCUT2D eigenvalue weighted by atomic mass is 16.2. The molecule has 0 unspecified atom stereocenters. The minimum Gasteiger partial charge on any atom is -0.273 e. The van der Waals surface area contributed by atoms with E-state index in [9.17, 15) is 9.59 Å². The lowest BCUT2D eigenvalue weighted by Crippen LogP contribution is -2.24. The summed E-state index contributed by atoms with van der Waals surface area (Å²) in [7, 11) is 0. The quantitative estimate of drug-likeness (QED) is 0.507. The molecule has 6 nitrogen and oxygen atoms in total. The van der Waals surface area contributed by atoms with Gasteiger partial charge in [-0.05, 0) is 38.5 Å². The Morgan fingerprint density at radius 3 is 1.36 bits per heavy atom. The standard InChI is InChI=1S/C16H30N4O2/c1-11(2)9-13(5)17-19-15(21)7-8-16(22)20-18-14(6)10-12(3)4/h11-12H,7-10H2,1-6H3,(H,19,21)(H,20,22). The average Bonchev–Trinajstić information content (AvgIpc) is 2.39. The van der Waals surface area contributed by atoms with Crippen LogP contribution in [-0.2, 0) is 9.59 Å². The van der Waals surface area contributed by atoms with Gasteiger partial charge < -0.3 is 0 Å². The molecular weight excluding hydrogens is 280 g/mol. The topological polar surface area (TPSA) is 82.9 Å². The van der Waals surface area contributed by atoms with Crippen molar-refractivity contribution in [3.8, 4) is 0 Å². The van der Waals surface area contributed by atoms with E-state index in [1.54, 1.807) is 0 Å². The minimum absolute atomic E-state index is 0.100. The minimum atomic E-state index is -0.263. The molecule has 0 heterocycles. The second kappa shape index (κ2) is 10.9. The Hall–Kier alpha value is -1.72. The van der Waals surface area contributed by atoms with E-state index < -0.39 is 0 Å². The maximum absolute atomic E-state index is 11.6. The lowest BCUT2D eigenvalue weighted by atomic mass is 10.1. The number of carbonyl (C=O) groups is 2. The molecule has 0 aliphatic heterocycles. The molecule has 0 radical (unpaired) electrons. The Morgan fingerprint density at radius 2 is 1.09 bits per heavy atom. The third kappa shape index (κ3) is 12.1. The van der Waals surface area contributed by atoms with Crippen LogP contribution in [0.25, 0.3) is 0 Å². The maximum Gasteiger partial charge on any atom is 0.240 e. The molecule has 0 fully saturated rings. The van der Waals surface area contributed by atoms with Gasteiger partial charge in [-0.3, -0.25) is 9.59 Å². The second-order valence-corrected chi connectivity index (χ2v) is 6.46. The first kappa shape index (κ1) is 20.3. The lowest BCUT2D eigenvalue weighted by Gasteiger charge is -2.06. The number of carbonyl (C=O) groups excluding carboxylic acids is 2. The molecule has 0 aromatic carbocycles. The monoisotopic (exact) mass is 310 g/mol. The zero-order valence-corrected chi connectivity index (χ0v) is 14.7. The summed E-state index contributed by atoms with van der Waals surface area (Å²) in [6, 6.07) is 0. The molecule has 0 saturated heterocycles. The van der Waals surface area contributed by atoms with Gasteiger partial charge in [0, 0.05) is 24.3 Å². The van der Waals surface area contributed by atoms with Gasteiger partial charge in [-0.1, -0.05) is 27.7 Å². The first-order valence-corrected chi connectivity index (χ1v) is 7.84. The fraction of sp³-hybridized carbons (Fsp3) is 0.750. The predicted molar refractivity (Wildman–Crippen MR) is 90.6 cm³/mol. The van der Waals surface area contributed by atoms with Gasteiger partial charge in [0.2, 0.25) is 11.8 Å². The summed E-state index contributed by atoms with van der Waals surface area (Å²) in [5.74, 6) is 0.471. The van der Waals surface area contributed by atoms with E-state index in [4.69, 9.17) is 0 Å². The second-order valence-electron chi connectivity index (χ2n) is 6.46. The molecule has 0 aromatic heterocycles. The van der Waals surface area contributed by atoms with E-state index in [1.807, 2.05) is 13.8 Å². The van der Waals surface area contributed by atoms with Crippen LogP contribution >= 0.6 is 0 Å².